The number of hydrogen-bond donors (Lipinski definition) is 0. The monoisotopic (exact) mass is 339 g/mol. The van der Waals surface area contributed by atoms with Gasteiger partial charge in [-0.15, -0.1) is 0 Å². The Kier molecular flexibility index (Phi) is 4.28. The molecule has 0 fully saturated rings. The van der Waals surface area contributed by atoms with Crippen LogP contribution in [0.2, 0.25) is 0 Å². The molecule has 0 N–H and O–H groups in total. The van der Waals surface area contributed by atoms with E-state index in [1.807, 2.05) is 52.9 Å². The van der Waals surface area contributed by atoms with Crippen molar-refractivity contribution in [3.05, 3.63) is 54.0 Å². The number of amides is 1. The zero-order valence-corrected chi connectivity index (χ0v) is 14.2. The summed E-state index contributed by atoms with van der Waals surface area (Å²) in [6, 6.07) is 11.6. The highest BCUT2D eigenvalue weighted by molar-refractivity contribution is 5.96. The summed E-state index contributed by atoms with van der Waals surface area (Å²) in [5.41, 5.74) is 1.78. The standard InChI is InChI=1S/C19H21N3O3/c1-2-24-10-8-16-13-21(12-15-7-9-20-22(15)16)19(23)18-11-14-5-3-4-6-17(14)25-18/h3-7,9,11,16H,2,8,10,12-13H2,1H3. The summed E-state index contributed by atoms with van der Waals surface area (Å²) in [5, 5.41) is 5.36. The number of carbonyl (C=O) groups is 1. The molecule has 1 aliphatic heterocycles. The van der Waals surface area contributed by atoms with Crippen molar-refractivity contribution < 1.29 is 13.9 Å². The van der Waals surface area contributed by atoms with Gasteiger partial charge in [0.05, 0.1) is 18.3 Å². The molecule has 4 rings (SSSR count). The predicted molar refractivity (Wildman–Crippen MR) is 93.3 cm³/mol. The molecule has 0 aliphatic carbocycles. The molecule has 25 heavy (non-hydrogen) atoms. The van der Waals surface area contributed by atoms with Gasteiger partial charge in [0.2, 0.25) is 0 Å². The molecule has 1 unspecified atom stereocenters. The first kappa shape index (κ1) is 15.9. The van der Waals surface area contributed by atoms with Crippen molar-refractivity contribution >= 4 is 16.9 Å². The van der Waals surface area contributed by atoms with Gasteiger partial charge in [-0.2, -0.15) is 5.10 Å². The number of aromatic nitrogens is 2. The highest BCUT2D eigenvalue weighted by Crippen LogP contribution is 2.26. The van der Waals surface area contributed by atoms with E-state index in [2.05, 4.69) is 5.10 Å². The second-order valence-corrected chi connectivity index (χ2v) is 6.24. The Hall–Kier alpha value is -2.60. The summed E-state index contributed by atoms with van der Waals surface area (Å²) in [7, 11) is 0. The largest absolute Gasteiger partial charge is 0.451 e. The minimum Gasteiger partial charge on any atom is -0.451 e. The van der Waals surface area contributed by atoms with Crippen LogP contribution in [0.3, 0.4) is 0 Å². The molecule has 0 saturated heterocycles. The molecule has 6 heteroatoms. The number of benzene rings is 1. The number of rotatable bonds is 5. The van der Waals surface area contributed by atoms with Crippen molar-refractivity contribution in [1.82, 2.24) is 14.7 Å². The second kappa shape index (κ2) is 6.72. The van der Waals surface area contributed by atoms with E-state index in [1.54, 1.807) is 6.20 Å². The third-order valence-electron chi connectivity index (χ3n) is 4.61. The van der Waals surface area contributed by atoms with Crippen molar-refractivity contribution in [2.24, 2.45) is 0 Å². The highest BCUT2D eigenvalue weighted by atomic mass is 16.5. The van der Waals surface area contributed by atoms with E-state index in [9.17, 15) is 4.79 Å². The molecule has 1 atom stereocenters. The molecular weight excluding hydrogens is 318 g/mol. The van der Waals surface area contributed by atoms with Gasteiger partial charge in [0.25, 0.3) is 5.91 Å². The van der Waals surface area contributed by atoms with Crippen LogP contribution < -0.4 is 0 Å². The maximum absolute atomic E-state index is 12.9. The van der Waals surface area contributed by atoms with E-state index >= 15 is 0 Å². The van der Waals surface area contributed by atoms with E-state index in [0.717, 1.165) is 23.1 Å². The summed E-state index contributed by atoms with van der Waals surface area (Å²) in [5.74, 6) is 0.308. The molecule has 3 aromatic rings. The van der Waals surface area contributed by atoms with Crippen LogP contribution in [0.15, 0.2) is 47.0 Å². The lowest BCUT2D eigenvalue weighted by molar-refractivity contribution is 0.0597. The van der Waals surface area contributed by atoms with Crippen LogP contribution >= 0.6 is 0 Å². The van der Waals surface area contributed by atoms with Crippen molar-refractivity contribution in [3.63, 3.8) is 0 Å². The van der Waals surface area contributed by atoms with Crippen molar-refractivity contribution in [1.29, 1.82) is 0 Å². The number of para-hydroxylation sites is 1. The SMILES string of the molecule is CCOCCC1CN(C(=O)c2cc3ccccc3o2)Cc2ccnn21. The maximum atomic E-state index is 12.9. The van der Waals surface area contributed by atoms with Gasteiger partial charge < -0.3 is 14.1 Å². The summed E-state index contributed by atoms with van der Waals surface area (Å²) in [6.45, 7) is 4.49. The molecule has 1 amide bonds. The molecule has 0 radical (unpaired) electrons. The fraction of sp³-hybridized carbons (Fsp3) is 0.368. The van der Waals surface area contributed by atoms with Gasteiger partial charge in [0.1, 0.15) is 5.58 Å². The molecule has 6 nitrogen and oxygen atoms in total. The lowest BCUT2D eigenvalue weighted by Gasteiger charge is -2.33. The lowest BCUT2D eigenvalue weighted by atomic mass is 10.1. The Bertz CT molecular complexity index is 850. The summed E-state index contributed by atoms with van der Waals surface area (Å²) < 4.78 is 13.2. The first-order chi connectivity index (χ1) is 12.3. The third-order valence-corrected chi connectivity index (χ3v) is 4.61. The van der Waals surface area contributed by atoms with Crippen LogP contribution in [0.5, 0.6) is 0 Å². The second-order valence-electron chi connectivity index (χ2n) is 6.24. The normalized spacial score (nSPS) is 17.0. The third kappa shape index (κ3) is 3.05. The molecule has 3 heterocycles. The Morgan fingerprint density at radius 2 is 2.24 bits per heavy atom. The molecular formula is C19H21N3O3. The molecule has 2 aromatic heterocycles. The first-order valence-corrected chi connectivity index (χ1v) is 8.64. The zero-order valence-electron chi connectivity index (χ0n) is 14.2. The average Bonchev–Trinajstić information content (AvgIpc) is 3.27. The Morgan fingerprint density at radius 3 is 3.08 bits per heavy atom. The average molecular weight is 339 g/mol. The summed E-state index contributed by atoms with van der Waals surface area (Å²) >= 11 is 0. The van der Waals surface area contributed by atoms with Gasteiger partial charge in [0.15, 0.2) is 5.76 Å². The van der Waals surface area contributed by atoms with Gasteiger partial charge >= 0.3 is 0 Å². The van der Waals surface area contributed by atoms with Crippen molar-refractivity contribution in [3.8, 4) is 0 Å². The van der Waals surface area contributed by atoms with Gasteiger partial charge in [-0.25, -0.2) is 0 Å². The summed E-state index contributed by atoms with van der Waals surface area (Å²) in [6.07, 6.45) is 2.62. The quantitative estimate of drug-likeness (QED) is 0.670. The van der Waals surface area contributed by atoms with Gasteiger partial charge in [-0.1, -0.05) is 18.2 Å². The van der Waals surface area contributed by atoms with Crippen molar-refractivity contribution in [2.75, 3.05) is 19.8 Å². The fourth-order valence-corrected chi connectivity index (χ4v) is 3.36. The smallest absolute Gasteiger partial charge is 0.290 e. The number of hydrogen-bond acceptors (Lipinski definition) is 4. The number of furan rings is 1. The molecule has 0 saturated carbocycles. The number of fused-ring (bicyclic) bond motifs is 2. The van der Waals surface area contributed by atoms with Crippen LogP contribution in [0.25, 0.3) is 11.0 Å². The molecule has 1 aromatic carbocycles. The zero-order chi connectivity index (χ0) is 17.2. The first-order valence-electron chi connectivity index (χ1n) is 8.64. The van der Waals surface area contributed by atoms with Gasteiger partial charge in [0, 0.05) is 31.3 Å². The van der Waals surface area contributed by atoms with Gasteiger partial charge in [-0.05, 0) is 31.5 Å². The molecule has 130 valence electrons. The topological polar surface area (TPSA) is 60.5 Å². The van der Waals surface area contributed by atoms with Crippen LogP contribution in [0.1, 0.15) is 35.6 Å². The van der Waals surface area contributed by atoms with Crippen LogP contribution in [-0.2, 0) is 11.3 Å². The number of nitrogens with zero attached hydrogens (tertiary/aromatic N) is 3. The van der Waals surface area contributed by atoms with E-state index in [-0.39, 0.29) is 11.9 Å². The van der Waals surface area contributed by atoms with Crippen molar-refractivity contribution in [2.45, 2.75) is 25.9 Å². The Morgan fingerprint density at radius 1 is 1.36 bits per heavy atom. The molecule has 0 spiro atoms. The maximum Gasteiger partial charge on any atom is 0.290 e. The van der Waals surface area contributed by atoms with E-state index in [0.29, 0.717) is 32.1 Å². The van der Waals surface area contributed by atoms with Crippen LogP contribution in [0.4, 0.5) is 0 Å². The fourth-order valence-electron chi connectivity index (χ4n) is 3.36. The van der Waals surface area contributed by atoms with Crippen LogP contribution in [-0.4, -0.2) is 40.3 Å². The lowest BCUT2D eigenvalue weighted by Crippen LogP contribution is -2.41. The van der Waals surface area contributed by atoms with E-state index < -0.39 is 0 Å². The Balaban J connectivity index is 1.56. The minimum absolute atomic E-state index is 0.0786. The van der Waals surface area contributed by atoms with Crippen LogP contribution in [0, 0.1) is 0 Å². The predicted octanol–water partition coefficient (Wildman–Crippen LogP) is 3.25. The van der Waals surface area contributed by atoms with E-state index in [4.69, 9.17) is 9.15 Å². The minimum atomic E-state index is -0.0786. The van der Waals surface area contributed by atoms with Gasteiger partial charge in [-0.3, -0.25) is 9.48 Å². The molecule has 1 aliphatic rings. The Labute approximate surface area is 146 Å². The highest BCUT2D eigenvalue weighted by Gasteiger charge is 2.30. The summed E-state index contributed by atoms with van der Waals surface area (Å²) in [4.78, 5) is 14.8. The number of ether oxygens (including phenoxy) is 1. The number of carbonyl (C=O) groups excluding carboxylic acids is 1. The molecule has 0 bridgehead atoms. The van der Waals surface area contributed by atoms with E-state index in [1.165, 1.54) is 0 Å².